The Morgan fingerprint density at radius 1 is 1.35 bits per heavy atom. The van der Waals surface area contributed by atoms with Gasteiger partial charge in [0.25, 0.3) is 0 Å². The first-order valence-electron chi connectivity index (χ1n) is 6.03. The predicted molar refractivity (Wildman–Crippen MR) is 73.8 cm³/mol. The van der Waals surface area contributed by atoms with E-state index in [4.69, 9.17) is 23.2 Å². The molecule has 4 heteroatoms. The van der Waals surface area contributed by atoms with E-state index in [1.165, 1.54) is 24.9 Å². The molecule has 1 saturated heterocycles. The zero-order chi connectivity index (χ0) is 12.3. The standard InChI is InChI=1S/C13H18Cl2N2/c1-16-8-11-3-2-6-17(11)9-10-4-5-12(14)13(15)7-10/h4-5,7,11,16H,2-3,6,8-9H2,1H3. The molecule has 0 saturated carbocycles. The van der Waals surface area contributed by atoms with Gasteiger partial charge in [0.15, 0.2) is 0 Å². The summed E-state index contributed by atoms with van der Waals surface area (Å²) in [5.74, 6) is 0. The first-order chi connectivity index (χ1) is 8.20. The normalized spacial score (nSPS) is 21.0. The van der Waals surface area contributed by atoms with Crippen molar-refractivity contribution in [3.63, 3.8) is 0 Å². The van der Waals surface area contributed by atoms with Crippen molar-refractivity contribution in [3.8, 4) is 0 Å². The van der Waals surface area contributed by atoms with Gasteiger partial charge in [0, 0.05) is 19.1 Å². The van der Waals surface area contributed by atoms with Gasteiger partial charge in [0.2, 0.25) is 0 Å². The molecule has 1 aliphatic rings. The van der Waals surface area contributed by atoms with Gasteiger partial charge < -0.3 is 5.32 Å². The first-order valence-corrected chi connectivity index (χ1v) is 6.79. The molecule has 17 heavy (non-hydrogen) atoms. The molecule has 1 aromatic rings. The van der Waals surface area contributed by atoms with Crippen molar-refractivity contribution in [3.05, 3.63) is 33.8 Å². The van der Waals surface area contributed by atoms with Crippen molar-refractivity contribution in [1.29, 1.82) is 0 Å². The highest BCUT2D eigenvalue weighted by molar-refractivity contribution is 6.42. The average Bonchev–Trinajstić information content (AvgIpc) is 2.72. The highest BCUT2D eigenvalue weighted by Gasteiger charge is 2.23. The average molecular weight is 273 g/mol. The largest absolute Gasteiger partial charge is 0.318 e. The Morgan fingerprint density at radius 2 is 2.18 bits per heavy atom. The summed E-state index contributed by atoms with van der Waals surface area (Å²) in [7, 11) is 2.01. The quantitative estimate of drug-likeness (QED) is 0.906. The van der Waals surface area contributed by atoms with Crippen LogP contribution in [-0.4, -0.2) is 31.1 Å². The third-order valence-corrected chi connectivity index (χ3v) is 4.05. The Balaban J connectivity index is 2.02. The van der Waals surface area contributed by atoms with Gasteiger partial charge in [-0.25, -0.2) is 0 Å². The molecule has 1 aromatic carbocycles. The minimum Gasteiger partial charge on any atom is -0.318 e. The fourth-order valence-corrected chi connectivity index (χ4v) is 2.76. The third kappa shape index (κ3) is 3.35. The number of likely N-dealkylation sites (tertiary alicyclic amines) is 1. The van der Waals surface area contributed by atoms with E-state index in [0.717, 1.165) is 13.1 Å². The number of rotatable bonds is 4. The second-order valence-electron chi connectivity index (χ2n) is 4.57. The van der Waals surface area contributed by atoms with Crippen molar-refractivity contribution in [2.75, 3.05) is 20.1 Å². The number of likely N-dealkylation sites (N-methyl/N-ethyl adjacent to an activating group) is 1. The monoisotopic (exact) mass is 272 g/mol. The number of halogens is 2. The van der Waals surface area contributed by atoms with Gasteiger partial charge in [-0.1, -0.05) is 29.3 Å². The van der Waals surface area contributed by atoms with Gasteiger partial charge >= 0.3 is 0 Å². The summed E-state index contributed by atoms with van der Waals surface area (Å²) in [5.41, 5.74) is 1.24. The van der Waals surface area contributed by atoms with E-state index in [1.807, 2.05) is 19.2 Å². The Kier molecular flexibility index (Phi) is 4.69. The molecule has 0 amide bonds. The van der Waals surface area contributed by atoms with Crippen molar-refractivity contribution in [2.45, 2.75) is 25.4 Å². The van der Waals surface area contributed by atoms with Gasteiger partial charge in [-0.2, -0.15) is 0 Å². The molecule has 1 heterocycles. The van der Waals surface area contributed by atoms with Gasteiger partial charge in [-0.05, 0) is 44.1 Å². The van der Waals surface area contributed by atoms with Crippen LogP contribution in [-0.2, 0) is 6.54 Å². The molecule has 2 rings (SSSR count). The van der Waals surface area contributed by atoms with Crippen LogP contribution in [0.15, 0.2) is 18.2 Å². The number of hydrogen-bond acceptors (Lipinski definition) is 2. The first kappa shape index (κ1) is 13.2. The number of nitrogens with one attached hydrogen (secondary N) is 1. The van der Waals surface area contributed by atoms with E-state index in [0.29, 0.717) is 16.1 Å². The minimum absolute atomic E-state index is 0.628. The zero-order valence-corrected chi connectivity index (χ0v) is 11.6. The van der Waals surface area contributed by atoms with Crippen LogP contribution in [0.2, 0.25) is 10.0 Å². The van der Waals surface area contributed by atoms with Crippen LogP contribution in [0.25, 0.3) is 0 Å². The molecule has 1 unspecified atom stereocenters. The fraction of sp³-hybridized carbons (Fsp3) is 0.538. The van der Waals surface area contributed by atoms with Crippen LogP contribution in [0.5, 0.6) is 0 Å². The molecule has 2 nitrogen and oxygen atoms in total. The van der Waals surface area contributed by atoms with Gasteiger partial charge in [0.1, 0.15) is 0 Å². The van der Waals surface area contributed by atoms with Gasteiger partial charge in [-0.3, -0.25) is 4.90 Å². The van der Waals surface area contributed by atoms with E-state index < -0.39 is 0 Å². The number of nitrogens with zero attached hydrogens (tertiary/aromatic N) is 1. The fourth-order valence-electron chi connectivity index (χ4n) is 2.44. The lowest BCUT2D eigenvalue weighted by Gasteiger charge is -2.24. The summed E-state index contributed by atoms with van der Waals surface area (Å²) in [5, 5.41) is 4.53. The summed E-state index contributed by atoms with van der Waals surface area (Å²) in [6, 6.07) is 6.55. The van der Waals surface area contributed by atoms with Crippen LogP contribution >= 0.6 is 23.2 Å². The molecule has 1 aliphatic heterocycles. The van der Waals surface area contributed by atoms with Gasteiger partial charge in [-0.15, -0.1) is 0 Å². The second-order valence-corrected chi connectivity index (χ2v) is 5.39. The van der Waals surface area contributed by atoms with Crippen molar-refractivity contribution >= 4 is 23.2 Å². The Labute approximate surface area is 113 Å². The third-order valence-electron chi connectivity index (χ3n) is 3.31. The van der Waals surface area contributed by atoms with Crippen LogP contribution in [0.3, 0.4) is 0 Å². The Bertz CT molecular complexity index is 382. The maximum atomic E-state index is 6.03. The molecular weight excluding hydrogens is 255 g/mol. The lowest BCUT2D eigenvalue weighted by Crippen LogP contribution is -2.36. The molecule has 0 bridgehead atoms. The zero-order valence-electron chi connectivity index (χ0n) is 10.0. The second kappa shape index (κ2) is 6.05. The molecule has 0 spiro atoms. The number of benzene rings is 1. The summed E-state index contributed by atoms with van der Waals surface area (Å²) in [6.45, 7) is 3.19. The van der Waals surface area contributed by atoms with Crippen molar-refractivity contribution in [2.24, 2.45) is 0 Å². The minimum atomic E-state index is 0.628. The topological polar surface area (TPSA) is 15.3 Å². The van der Waals surface area contributed by atoms with E-state index in [2.05, 4.69) is 16.3 Å². The summed E-state index contributed by atoms with van der Waals surface area (Å²) in [6.07, 6.45) is 2.57. The Hall–Kier alpha value is -0.280. The smallest absolute Gasteiger partial charge is 0.0595 e. The summed E-state index contributed by atoms with van der Waals surface area (Å²) in [4.78, 5) is 2.51. The van der Waals surface area contributed by atoms with E-state index in [-0.39, 0.29) is 0 Å². The SMILES string of the molecule is CNCC1CCCN1Cc1ccc(Cl)c(Cl)c1. The van der Waals surface area contributed by atoms with Gasteiger partial charge in [0.05, 0.1) is 10.0 Å². The molecule has 1 N–H and O–H groups in total. The molecule has 0 aliphatic carbocycles. The number of hydrogen-bond donors (Lipinski definition) is 1. The van der Waals surface area contributed by atoms with Crippen LogP contribution in [0.4, 0.5) is 0 Å². The summed E-state index contributed by atoms with van der Waals surface area (Å²) >= 11 is 12.0. The highest BCUT2D eigenvalue weighted by atomic mass is 35.5. The van der Waals surface area contributed by atoms with Crippen LogP contribution in [0.1, 0.15) is 18.4 Å². The van der Waals surface area contributed by atoms with Crippen molar-refractivity contribution in [1.82, 2.24) is 10.2 Å². The van der Waals surface area contributed by atoms with Crippen molar-refractivity contribution < 1.29 is 0 Å². The van der Waals surface area contributed by atoms with E-state index in [9.17, 15) is 0 Å². The lowest BCUT2D eigenvalue weighted by molar-refractivity contribution is 0.242. The summed E-state index contributed by atoms with van der Waals surface area (Å²) < 4.78 is 0. The lowest BCUT2D eigenvalue weighted by atomic mass is 10.2. The Morgan fingerprint density at radius 3 is 2.88 bits per heavy atom. The molecule has 0 radical (unpaired) electrons. The maximum absolute atomic E-state index is 6.03. The van der Waals surface area contributed by atoms with Crippen LogP contribution in [0, 0.1) is 0 Å². The molecule has 1 atom stereocenters. The molecule has 0 aromatic heterocycles. The maximum Gasteiger partial charge on any atom is 0.0595 e. The predicted octanol–water partition coefficient (Wildman–Crippen LogP) is 3.18. The molecule has 1 fully saturated rings. The molecule has 94 valence electrons. The van der Waals surface area contributed by atoms with E-state index in [1.54, 1.807) is 0 Å². The van der Waals surface area contributed by atoms with Crippen LogP contribution < -0.4 is 5.32 Å². The van der Waals surface area contributed by atoms with E-state index >= 15 is 0 Å². The molecular formula is C13H18Cl2N2. The highest BCUT2D eigenvalue weighted by Crippen LogP contribution is 2.25.